The molecule has 27 heavy (non-hydrogen) atoms. The summed E-state index contributed by atoms with van der Waals surface area (Å²) in [6.45, 7) is 4.27. The highest BCUT2D eigenvalue weighted by Gasteiger charge is 2.20. The summed E-state index contributed by atoms with van der Waals surface area (Å²) in [5.41, 5.74) is 8.40. The van der Waals surface area contributed by atoms with Gasteiger partial charge in [-0.1, -0.05) is 24.3 Å². The highest BCUT2D eigenvalue weighted by Crippen LogP contribution is 2.29. The topological polar surface area (TPSA) is 105 Å². The van der Waals surface area contributed by atoms with Crippen LogP contribution < -0.4 is 16.4 Å². The van der Waals surface area contributed by atoms with Gasteiger partial charge in [0.05, 0.1) is 6.20 Å². The SMILES string of the molecule is Cc1ccccc1CNc1ncc(N=O)c(NCC2CCC(CN)CC2)n1. The third-order valence-electron chi connectivity index (χ3n) is 5.42. The van der Waals surface area contributed by atoms with Gasteiger partial charge in [0.1, 0.15) is 0 Å². The van der Waals surface area contributed by atoms with Crippen molar-refractivity contribution in [3.8, 4) is 0 Å². The first-order valence-electron chi connectivity index (χ1n) is 9.62. The molecule has 0 atom stereocenters. The lowest BCUT2D eigenvalue weighted by atomic mass is 9.82. The lowest BCUT2D eigenvalue weighted by Gasteiger charge is -2.27. The Hall–Kier alpha value is -2.54. The van der Waals surface area contributed by atoms with Crippen LogP contribution >= 0.6 is 0 Å². The van der Waals surface area contributed by atoms with Crippen LogP contribution in [0.1, 0.15) is 36.8 Å². The van der Waals surface area contributed by atoms with Gasteiger partial charge in [0.2, 0.25) is 5.95 Å². The Morgan fingerprint density at radius 2 is 1.89 bits per heavy atom. The molecule has 144 valence electrons. The maximum Gasteiger partial charge on any atom is 0.225 e. The highest BCUT2D eigenvalue weighted by molar-refractivity contribution is 5.61. The second-order valence-corrected chi connectivity index (χ2v) is 7.30. The fraction of sp³-hybridized carbons (Fsp3) is 0.500. The predicted molar refractivity (Wildman–Crippen MR) is 109 cm³/mol. The van der Waals surface area contributed by atoms with Crippen molar-refractivity contribution in [2.45, 2.75) is 39.2 Å². The van der Waals surface area contributed by atoms with E-state index in [1.807, 2.05) is 12.1 Å². The average Bonchev–Trinajstić information content (AvgIpc) is 2.72. The quantitative estimate of drug-likeness (QED) is 0.609. The van der Waals surface area contributed by atoms with E-state index in [4.69, 9.17) is 5.73 Å². The molecule has 1 aromatic carbocycles. The normalized spacial score (nSPS) is 19.5. The van der Waals surface area contributed by atoms with Crippen LogP contribution in [0.2, 0.25) is 0 Å². The number of aryl methyl sites for hydroxylation is 1. The van der Waals surface area contributed by atoms with Crippen molar-refractivity contribution in [1.82, 2.24) is 9.97 Å². The molecule has 7 heteroatoms. The van der Waals surface area contributed by atoms with Gasteiger partial charge in [0, 0.05) is 13.1 Å². The van der Waals surface area contributed by atoms with Gasteiger partial charge in [0.25, 0.3) is 0 Å². The van der Waals surface area contributed by atoms with Crippen LogP contribution in [0.4, 0.5) is 17.5 Å². The first-order valence-corrected chi connectivity index (χ1v) is 9.62. The summed E-state index contributed by atoms with van der Waals surface area (Å²) in [5, 5.41) is 9.58. The van der Waals surface area contributed by atoms with E-state index in [1.165, 1.54) is 30.2 Å². The minimum atomic E-state index is 0.243. The summed E-state index contributed by atoms with van der Waals surface area (Å²) in [7, 11) is 0. The first kappa shape index (κ1) is 19.2. The largest absolute Gasteiger partial charge is 0.368 e. The molecule has 1 heterocycles. The van der Waals surface area contributed by atoms with Gasteiger partial charge in [-0.05, 0) is 67.3 Å². The molecule has 2 aromatic rings. The summed E-state index contributed by atoms with van der Waals surface area (Å²) in [6.07, 6.45) is 6.13. The van der Waals surface area contributed by atoms with E-state index >= 15 is 0 Å². The second-order valence-electron chi connectivity index (χ2n) is 7.30. The number of aromatic nitrogens is 2. The van der Waals surface area contributed by atoms with Crippen LogP contribution in [0.15, 0.2) is 35.6 Å². The average molecular weight is 368 g/mol. The summed E-state index contributed by atoms with van der Waals surface area (Å²) in [6, 6.07) is 8.17. The van der Waals surface area contributed by atoms with Gasteiger partial charge in [-0.25, -0.2) is 4.98 Å². The minimum Gasteiger partial charge on any atom is -0.368 e. The van der Waals surface area contributed by atoms with Gasteiger partial charge >= 0.3 is 0 Å². The third kappa shape index (κ3) is 5.23. The smallest absolute Gasteiger partial charge is 0.225 e. The lowest BCUT2D eigenvalue weighted by molar-refractivity contribution is 0.289. The number of anilines is 2. The third-order valence-corrected chi connectivity index (χ3v) is 5.42. The van der Waals surface area contributed by atoms with Crippen LogP contribution in [0, 0.1) is 23.7 Å². The Labute approximate surface area is 160 Å². The molecule has 1 saturated carbocycles. The van der Waals surface area contributed by atoms with Crippen molar-refractivity contribution < 1.29 is 0 Å². The molecule has 3 rings (SSSR count). The molecule has 0 unspecified atom stereocenters. The molecule has 1 aliphatic rings. The summed E-state index contributed by atoms with van der Waals surface area (Å²) in [4.78, 5) is 19.7. The van der Waals surface area contributed by atoms with Crippen LogP contribution in [-0.2, 0) is 6.54 Å². The molecule has 0 saturated heterocycles. The van der Waals surface area contributed by atoms with E-state index in [0.29, 0.717) is 30.1 Å². The summed E-state index contributed by atoms with van der Waals surface area (Å²) < 4.78 is 0. The van der Waals surface area contributed by atoms with E-state index in [2.05, 4.69) is 44.8 Å². The zero-order valence-corrected chi connectivity index (χ0v) is 15.8. The molecule has 1 aliphatic carbocycles. The molecule has 0 amide bonds. The maximum atomic E-state index is 11.1. The van der Waals surface area contributed by atoms with E-state index in [-0.39, 0.29) is 5.69 Å². The number of benzene rings is 1. The van der Waals surface area contributed by atoms with E-state index < -0.39 is 0 Å². The van der Waals surface area contributed by atoms with E-state index in [9.17, 15) is 4.91 Å². The number of rotatable bonds is 8. The first-order chi connectivity index (χ1) is 13.2. The monoisotopic (exact) mass is 368 g/mol. The fourth-order valence-corrected chi connectivity index (χ4v) is 3.55. The van der Waals surface area contributed by atoms with Gasteiger partial charge in [0.15, 0.2) is 11.5 Å². The summed E-state index contributed by atoms with van der Waals surface area (Å²) >= 11 is 0. The van der Waals surface area contributed by atoms with Crippen molar-refractivity contribution in [1.29, 1.82) is 0 Å². The Morgan fingerprint density at radius 3 is 2.59 bits per heavy atom. The number of nitrogens with one attached hydrogen (secondary N) is 2. The fourth-order valence-electron chi connectivity index (χ4n) is 3.55. The lowest BCUT2D eigenvalue weighted by Crippen LogP contribution is -2.25. The Bertz CT molecular complexity index is 758. The number of nitrogens with two attached hydrogens (primary N) is 1. The number of nitroso groups, excluding NO2 is 1. The number of nitrogens with zero attached hydrogens (tertiary/aromatic N) is 3. The molecule has 0 radical (unpaired) electrons. The van der Waals surface area contributed by atoms with Crippen LogP contribution in [0.5, 0.6) is 0 Å². The van der Waals surface area contributed by atoms with Crippen LogP contribution in [0.3, 0.4) is 0 Å². The van der Waals surface area contributed by atoms with Crippen LogP contribution in [0.25, 0.3) is 0 Å². The molecular formula is C20H28N6O. The molecule has 0 aliphatic heterocycles. The molecule has 4 N–H and O–H groups in total. The van der Waals surface area contributed by atoms with Crippen molar-refractivity contribution >= 4 is 17.5 Å². The zero-order chi connectivity index (χ0) is 19.1. The van der Waals surface area contributed by atoms with Crippen molar-refractivity contribution in [2.75, 3.05) is 23.7 Å². The van der Waals surface area contributed by atoms with Crippen molar-refractivity contribution in [3.63, 3.8) is 0 Å². The number of hydrogen-bond donors (Lipinski definition) is 3. The minimum absolute atomic E-state index is 0.243. The number of hydrogen-bond acceptors (Lipinski definition) is 7. The molecule has 1 fully saturated rings. The Morgan fingerprint density at radius 1 is 1.15 bits per heavy atom. The highest BCUT2D eigenvalue weighted by atomic mass is 16.3. The van der Waals surface area contributed by atoms with E-state index in [1.54, 1.807) is 0 Å². The van der Waals surface area contributed by atoms with Crippen molar-refractivity contribution in [3.05, 3.63) is 46.5 Å². The standard InChI is InChI=1S/C20H28N6O/c1-14-4-2-3-5-17(14)12-23-20-24-13-18(26-27)19(25-20)22-11-16-8-6-15(10-21)7-9-16/h2-5,13,15-16H,6-12,21H2,1H3,(H2,22,23,24,25). The van der Waals surface area contributed by atoms with Gasteiger partial charge in [-0.3, -0.25) is 0 Å². The second kappa shape index (κ2) is 9.41. The summed E-state index contributed by atoms with van der Waals surface area (Å²) in [5.74, 6) is 2.21. The van der Waals surface area contributed by atoms with Crippen molar-refractivity contribution in [2.24, 2.45) is 22.7 Å². The molecular weight excluding hydrogens is 340 g/mol. The Balaban J connectivity index is 1.60. The molecule has 1 aromatic heterocycles. The van der Waals surface area contributed by atoms with E-state index in [0.717, 1.165) is 25.9 Å². The maximum absolute atomic E-state index is 11.1. The molecule has 0 bridgehead atoms. The van der Waals surface area contributed by atoms with Gasteiger partial charge < -0.3 is 16.4 Å². The molecule has 0 spiro atoms. The van der Waals surface area contributed by atoms with Crippen LogP contribution in [-0.4, -0.2) is 23.1 Å². The Kier molecular flexibility index (Phi) is 6.70. The predicted octanol–water partition coefficient (Wildman–Crippen LogP) is 3.97. The zero-order valence-electron chi connectivity index (χ0n) is 15.8. The van der Waals surface area contributed by atoms with Gasteiger partial charge in [-0.15, -0.1) is 4.91 Å². The van der Waals surface area contributed by atoms with Gasteiger partial charge in [-0.2, -0.15) is 4.98 Å². The molecule has 7 nitrogen and oxygen atoms in total.